The Morgan fingerprint density at radius 2 is 1.96 bits per heavy atom. The molecule has 3 rings (SSSR count). The molecule has 9 heteroatoms. The maximum atomic E-state index is 12.4. The van der Waals surface area contributed by atoms with Gasteiger partial charge in [-0.15, -0.1) is 0 Å². The van der Waals surface area contributed by atoms with E-state index >= 15 is 0 Å². The molecule has 28 heavy (non-hydrogen) atoms. The van der Waals surface area contributed by atoms with Crippen molar-refractivity contribution in [1.29, 1.82) is 0 Å². The molecule has 1 aliphatic rings. The second-order valence-corrected chi connectivity index (χ2v) is 8.36. The predicted molar refractivity (Wildman–Crippen MR) is 109 cm³/mol. The van der Waals surface area contributed by atoms with Gasteiger partial charge in [0.25, 0.3) is 11.5 Å². The molecule has 7 nitrogen and oxygen atoms in total. The number of amides is 1. The van der Waals surface area contributed by atoms with Crippen molar-refractivity contribution < 1.29 is 9.59 Å². The lowest BCUT2D eigenvalue weighted by Crippen LogP contribution is -2.36. The lowest BCUT2D eigenvalue weighted by Gasteiger charge is -2.29. The predicted octanol–water partition coefficient (Wildman–Crippen LogP) is 3.07. The van der Waals surface area contributed by atoms with Crippen molar-refractivity contribution in [1.82, 2.24) is 15.3 Å². The molecule has 0 spiro atoms. The summed E-state index contributed by atoms with van der Waals surface area (Å²) in [6.45, 7) is 4.52. The number of ketones is 1. The number of H-pyrrole nitrogens is 1. The van der Waals surface area contributed by atoms with Crippen LogP contribution in [0.1, 0.15) is 46.7 Å². The first-order chi connectivity index (χ1) is 13.2. The first-order valence-electron chi connectivity index (χ1n) is 8.79. The van der Waals surface area contributed by atoms with Crippen LogP contribution >= 0.6 is 23.2 Å². The van der Waals surface area contributed by atoms with Crippen LogP contribution in [0.15, 0.2) is 23.1 Å². The van der Waals surface area contributed by atoms with E-state index in [1.54, 1.807) is 6.07 Å². The highest BCUT2D eigenvalue weighted by molar-refractivity contribution is 6.35. The van der Waals surface area contributed by atoms with Gasteiger partial charge in [-0.2, -0.15) is 0 Å². The summed E-state index contributed by atoms with van der Waals surface area (Å²) in [5, 5.41) is 6.41. The fraction of sp³-hybridized carbons (Fsp3) is 0.368. The number of carbonyl (C=O) groups is 2. The van der Waals surface area contributed by atoms with Crippen molar-refractivity contribution >= 4 is 40.7 Å². The molecule has 1 amide bonds. The van der Waals surface area contributed by atoms with Gasteiger partial charge >= 0.3 is 0 Å². The summed E-state index contributed by atoms with van der Waals surface area (Å²) < 4.78 is 0. The fourth-order valence-corrected chi connectivity index (χ4v) is 3.64. The smallest absolute Gasteiger partial charge is 0.261 e. The molecule has 0 atom stereocenters. The summed E-state index contributed by atoms with van der Waals surface area (Å²) in [5.41, 5.74) is 0.221. The molecular formula is C19H20Cl2N4O3. The quantitative estimate of drug-likeness (QED) is 0.642. The van der Waals surface area contributed by atoms with Gasteiger partial charge in [-0.3, -0.25) is 14.4 Å². The molecule has 0 radical (unpaired) electrons. The first kappa shape index (κ1) is 20.4. The van der Waals surface area contributed by atoms with Crippen molar-refractivity contribution in [2.75, 3.05) is 18.4 Å². The van der Waals surface area contributed by atoms with Gasteiger partial charge in [-0.1, -0.05) is 37.0 Å². The Hall–Kier alpha value is -2.38. The van der Waals surface area contributed by atoms with E-state index in [-0.39, 0.29) is 23.3 Å². The lowest BCUT2D eigenvalue weighted by molar-refractivity contribution is 0.0910. The van der Waals surface area contributed by atoms with Crippen LogP contribution in [0.4, 0.5) is 5.82 Å². The number of nitrogens with zero attached hydrogens (tertiary/aromatic N) is 1. The maximum Gasteiger partial charge on any atom is 0.261 e. The SMILES string of the molecule is CC1(C)CC(=O)c2cc(C(=O)NCCNc3ncc(Cl)cc3Cl)c(=O)[nH]c2C1. The third-order valence-corrected chi connectivity index (χ3v) is 4.97. The van der Waals surface area contributed by atoms with Crippen LogP contribution in [0.2, 0.25) is 10.0 Å². The van der Waals surface area contributed by atoms with Gasteiger partial charge in [0.15, 0.2) is 5.78 Å². The Labute approximate surface area is 171 Å². The molecule has 2 aromatic rings. The standard InChI is InChI=1S/C19H20Cl2N4O3/c1-19(2)7-14-11(15(26)8-19)6-12(18(28)25-14)17(27)23-4-3-22-16-13(21)5-10(20)9-24-16/h5-6,9H,3-4,7-8H2,1-2H3,(H,22,24)(H,23,27)(H,25,28). The van der Waals surface area contributed by atoms with Gasteiger partial charge in [0.2, 0.25) is 0 Å². The molecule has 0 unspecified atom stereocenters. The van der Waals surface area contributed by atoms with Crippen LogP contribution in [0.3, 0.4) is 0 Å². The van der Waals surface area contributed by atoms with Crippen molar-refractivity contribution in [3.05, 3.63) is 55.5 Å². The van der Waals surface area contributed by atoms with Gasteiger partial charge in [0.05, 0.1) is 10.0 Å². The van der Waals surface area contributed by atoms with Gasteiger partial charge in [-0.05, 0) is 24.0 Å². The Morgan fingerprint density at radius 1 is 1.21 bits per heavy atom. The highest BCUT2D eigenvalue weighted by Crippen LogP contribution is 2.33. The fourth-order valence-electron chi connectivity index (χ4n) is 3.19. The second kappa shape index (κ2) is 7.93. The molecular weight excluding hydrogens is 403 g/mol. The second-order valence-electron chi connectivity index (χ2n) is 7.51. The minimum atomic E-state index is -0.543. The number of rotatable bonds is 5. The summed E-state index contributed by atoms with van der Waals surface area (Å²) in [6, 6.07) is 2.95. The summed E-state index contributed by atoms with van der Waals surface area (Å²) in [4.78, 5) is 43.8. The normalized spacial score (nSPS) is 15.1. The van der Waals surface area contributed by atoms with Crippen LogP contribution in [0.25, 0.3) is 0 Å². The summed E-state index contributed by atoms with van der Waals surface area (Å²) >= 11 is 11.8. The highest BCUT2D eigenvalue weighted by atomic mass is 35.5. The molecule has 148 valence electrons. The number of halogens is 2. The van der Waals surface area contributed by atoms with Crippen LogP contribution in [-0.2, 0) is 6.42 Å². The topological polar surface area (TPSA) is 104 Å². The summed E-state index contributed by atoms with van der Waals surface area (Å²) in [7, 11) is 0. The molecule has 2 aromatic heterocycles. The van der Waals surface area contributed by atoms with E-state index in [0.29, 0.717) is 46.5 Å². The molecule has 3 N–H and O–H groups in total. The van der Waals surface area contributed by atoms with Crippen molar-refractivity contribution in [2.24, 2.45) is 5.41 Å². The molecule has 0 bridgehead atoms. The monoisotopic (exact) mass is 422 g/mol. The molecule has 2 heterocycles. The van der Waals surface area contributed by atoms with E-state index in [1.807, 2.05) is 13.8 Å². The van der Waals surface area contributed by atoms with Crippen molar-refractivity contribution in [3.8, 4) is 0 Å². The van der Waals surface area contributed by atoms with Gasteiger partial charge in [0, 0.05) is 37.0 Å². The largest absolute Gasteiger partial charge is 0.367 e. The van der Waals surface area contributed by atoms with E-state index in [1.165, 1.54) is 12.3 Å². The number of carbonyl (C=O) groups excluding carboxylic acids is 2. The van der Waals surface area contributed by atoms with Crippen molar-refractivity contribution in [2.45, 2.75) is 26.7 Å². The number of hydrogen-bond donors (Lipinski definition) is 3. The average Bonchev–Trinajstić information content (AvgIpc) is 2.58. The van der Waals surface area contributed by atoms with Gasteiger partial charge < -0.3 is 15.6 Å². The van der Waals surface area contributed by atoms with E-state index in [0.717, 1.165) is 0 Å². The summed E-state index contributed by atoms with van der Waals surface area (Å²) in [6.07, 6.45) is 2.43. The van der Waals surface area contributed by atoms with E-state index in [2.05, 4.69) is 20.6 Å². The number of aromatic amines is 1. The number of anilines is 1. The Bertz CT molecular complexity index is 1000. The zero-order valence-electron chi connectivity index (χ0n) is 15.5. The molecule has 0 aromatic carbocycles. The average molecular weight is 423 g/mol. The van der Waals surface area contributed by atoms with Gasteiger partial charge in [0.1, 0.15) is 11.4 Å². The Morgan fingerprint density at radius 3 is 2.68 bits per heavy atom. The lowest BCUT2D eigenvalue weighted by atomic mass is 9.75. The number of hydrogen-bond acceptors (Lipinski definition) is 5. The van der Waals surface area contributed by atoms with E-state index in [9.17, 15) is 14.4 Å². The molecule has 1 aliphatic carbocycles. The van der Waals surface area contributed by atoms with Crippen LogP contribution < -0.4 is 16.2 Å². The number of nitrogens with one attached hydrogen (secondary N) is 3. The highest BCUT2D eigenvalue weighted by Gasteiger charge is 2.32. The molecule has 0 fully saturated rings. The van der Waals surface area contributed by atoms with Crippen LogP contribution in [0.5, 0.6) is 0 Å². The van der Waals surface area contributed by atoms with E-state index < -0.39 is 11.5 Å². The minimum absolute atomic E-state index is 0.0679. The summed E-state index contributed by atoms with van der Waals surface area (Å²) in [5.74, 6) is -0.166. The molecule has 0 aliphatic heterocycles. The minimum Gasteiger partial charge on any atom is -0.367 e. The molecule has 0 saturated carbocycles. The Balaban J connectivity index is 1.64. The van der Waals surface area contributed by atoms with Crippen LogP contribution in [0, 0.1) is 5.41 Å². The molecule has 0 saturated heterocycles. The zero-order valence-corrected chi connectivity index (χ0v) is 17.0. The number of pyridine rings is 2. The first-order valence-corrected chi connectivity index (χ1v) is 9.54. The number of fused-ring (bicyclic) bond motifs is 1. The van der Waals surface area contributed by atoms with Crippen molar-refractivity contribution in [3.63, 3.8) is 0 Å². The third-order valence-electron chi connectivity index (χ3n) is 4.47. The third kappa shape index (κ3) is 4.54. The Kier molecular flexibility index (Phi) is 5.76. The zero-order chi connectivity index (χ0) is 20.5. The number of aromatic nitrogens is 2. The van der Waals surface area contributed by atoms with Gasteiger partial charge in [-0.25, -0.2) is 4.98 Å². The maximum absolute atomic E-state index is 12.4. The number of Topliss-reactive ketones (excluding diaryl/α,β-unsaturated/α-hetero) is 1. The van der Waals surface area contributed by atoms with E-state index in [4.69, 9.17) is 23.2 Å². The van der Waals surface area contributed by atoms with Crippen LogP contribution in [-0.4, -0.2) is 34.7 Å².